The lowest BCUT2D eigenvalue weighted by atomic mass is 9.94. The predicted octanol–water partition coefficient (Wildman–Crippen LogP) is 2.06. The summed E-state index contributed by atoms with van der Waals surface area (Å²) in [5.74, 6) is -1.14. The minimum absolute atomic E-state index is 0.0191. The second kappa shape index (κ2) is 5.72. The van der Waals surface area contributed by atoms with Crippen LogP contribution in [0.3, 0.4) is 0 Å². The molecule has 0 aliphatic carbocycles. The molecule has 1 aliphatic heterocycles. The summed E-state index contributed by atoms with van der Waals surface area (Å²) in [6.07, 6.45) is 1.17. The molecule has 6 nitrogen and oxygen atoms in total. The van der Waals surface area contributed by atoms with E-state index in [0.717, 1.165) is 11.3 Å². The van der Waals surface area contributed by atoms with Crippen LogP contribution in [-0.4, -0.2) is 38.2 Å². The predicted molar refractivity (Wildman–Crippen MR) is 77.8 cm³/mol. The molecule has 1 aliphatic rings. The molecule has 1 fully saturated rings. The summed E-state index contributed by atoms with van der Waals surface area (Å²) in [6.45, 7) is 2.83. The lowest BCUT2D eigenvalue weighted by molar-refractivity contribution is 0.0537. The number of halogens is 1. The van der Waals surface area contributed by atoms with Gasteiger partial charge in [-0.1, -0.05) is 0 Å². The molecule has 0 saturated carbocycles. The Labute approximate surface area is 129 Å². The maximum Gasteiger partial charge on any atom is 0.345 e. The number of thiophene rings is 1. The van der Waals surface area contributed by atoms with E-state index in [1.54, 1.807) is 0 Å². The number of nitrogens with one attached hydrogen (secondary N) is 1. The first-order chi connectivity index (χ1) is 9.23. The number of carbonyl (C=O) groups is 1. The van der Waals surface area contributed by atoms with Crippen LogP contribution in [0.25, 0.3) is 0 Å². The summed E-state index contributed by atoms with van der Waals surface area (Å²) in [4.78, 5) is 10.9. The van der Waals surface area contributed by atoms with Gasteiger partial charge in [-0.25, -0.2) is 17.9 Å². The first-order valence-electron chi connectivity index (χ1n) is 5.88. The number of aromatic carboxylic acids is 1. The Bertz CT molecular complexity index is 619. The van der Waals surface area contributed by atoms with E-state index in [4.69, 9.17) is 9.84 Å². The zero-order chi connectivity index (χ0) is 15.0. The van der Waals surface area contributed by atoms with Crippen molar-refractivity contribution in [1.82, 2.24) is 4.72 Å². The SMILES string of the molecule is CC1(NS(=O)(=O)c2cc(C(=O)O)sc2Br)CCOCC1. The highest BCUT2D eigenvalue weighted by atomic mass is 79.9. The molecule has 0 spiro atoms. The highest BCUT2D eigenvalue weighted by Crippen LogP contribution is 2.33. The largest absolute Gasteiger partial charge is 0.477 e. The van der Waals surface area contributed by atoms with E-state index in [9.17, 15) is 13.2 Å². The van der Waals surface area contributed by atoms with Gasteiger partial charge in [0.05, 0.1) is 3.79 Å². The van der Waals surface area contributed by atoms with Crippen LogP contribution in [-0.2, 0) is 14.8 Å². The molecular formula is C11H14BrNO5S2. The Morgan fingerprint density at radius 2 is 2.10 bits per heavy atom. The van der Waals surface area contributed by atoms with Gasteiger partial charge in [0.15, 0.2) is 0 Å². The van der Waals surface area contributed by atoms with Gasteiger partial charge in [0.2, 0.25) is 10.0 Å². The Balaban J connectivity index is 2.28. The van der Waals surface area contributed by atoms with E-state index >= 15 is 0 Å². The fourth-order valence-corrected chi connectivity index (χ4v) is 5.81. The fourth-order valence-electron chi connectivity index (χ4n) is 1.94. The van der Waals surface area contributed by atoms with Gasteiger partial charge >= 0.3 is 5.97 Å². The van der Waals surface area contributed by atoms with Gasteiger partial charge in [-0.05, 0) is 41.8 Å². The van der Waals surface area contributed by atoms with Crippen molar-refractivity contribution in [3.8, 4) is 0 Å². The van der Waals surface area contributed by atoms with Crippen LogP contribution in [0, 0.1) is 0 Å². The van der Waals surface area contributed by atoms with Gasteiger partial charge in [-0.3, -0.25) is 0 Å². The number of carboxylic acids is 1. The summed E-state index contributed by atoms with van der Waals surface area (Å²) in [7, 11) is -3.77. The number of carboxylic acid groups (broad SMARTS) is 1. The lowest BCUT2D eigenvalue weighted by Gasteiger charge is -2.33. The quantitative estimate of drug-likeness (QED) is 0.829. The Morgan fingerprint density at radius 1 is 1.50 bits per heavy atom. The number of ether oxygens (including phenoxy) is 1. The molecule has 2 heterocycles. The molecule has 0 radical (unpaired) electrons. The van der Waals surface area contributed by atoms with Gasteiger partial charge in [0, 0.05) is 18.8 Å². The summed E-state index contributed by atoms with van der Waals surface area (Å²) >= 11 is 4.00. The number of sulfonamides is 1. The molecule has 20 heavy (non-hydrogen) atoms. The van der Waals surface area contributed by atoms with Crippen LogP contribution >= 0.6 is 27.3 Å². The second-order valence-corrected chi connectivity index (χ2v) is 8.85. The molecule has 1 saturated heterocycles. The molecule has 0 aromatic carbocycles. The summed E-state index contributed by atoms with van der Waals surface area (Å²) in [5.41, 5.74) is -0.568. The average Bonchev–Trinajstić information content (AvgIpc) is 2.72. The van der Waals surface area contributed by atoms with Gasteiger partial charge in [0.25, 0.3) is 0 Å². The maximum absolute atomic E-state index is 12.4. The topological polar surface area (TPSA) is 92.7 Å². The van der Waals surface area contributed by atoms with Crippen molar-refractivity contribution in [1.29, 1.82) is 0 Å². The third-order valence-electron chi connectivity index (χ3n) is 3.13. The molecule has 0 unspecified atom stereocenters. The van der Waals surface area contributed by atoms with Crippen molar-refractivity contribution in [3.05, 3.63) is 14.7 Å². The molecule has 0 bridgehead atoms. The van der Waals surface area contributed by atoms with E-state index in [0.29, 0.717) is 26.1 Å². The smallest absolute Gasteiger partial charge is 0.345 e. The summed E-state index contributed by atoms with van der Waals surface area (Å²) < 4.78 is 33.0. The zero-order valence-electron chi connectivity index (χ0n) is 10.7. The zero-order valence-corrected chi connectivity index (χ0v) is 13.9. The molecule has 112 valence electrons. The van der Waals surface area contributed by atoms with E-state index < -0.39 is 21.5 Å². The van der Waals surface area contributed by atoms with E-state index in [2.05, 4.69) is 20.7 Å². The number of hydrogen-bond acceptors (Lipinski definition) is 5. The second-order valence-electron chi connectivity index (χ2n) is 4.83. The van der Waals surface area contributed by atoms with Crippen LogP contribution in [0.5, 0.6) is 0 Å². The molecule has 2 N–H and O–H groups in total. The molecule has 1 aromatic heterocycles. The Kier molecular flexibility index (Phi) is 4.55. The van der Waals surface area contributed by atoms with Gasteiger partial charge in [0.1, 0.15) is 9.77 Å². The van der Waals surface area contributed by atoms with Gasteiger partial charge in [-0.15, -0.1) is 11.3 Å². The van der Waals surface area contributed by atoms with Crippen molar-refractivity contribution in [2.45, 2.75) is 30.2 Å². The molecule has 0 atom stereocenters. The van der Waals surface area contributed by atoms with Crippen LogP contribution in [0.2, 0.25) is 0 Å². The van der Waals surface area contributed by atoms with Crippen LogP contribution in [0.15, 0.2) is 14.7 Å². The van der Waals surface area contributed by atoms with Crippen LogP contribution < -0.4 is 4.72 Å². The van der Waals surface area contributed by atoms with Crippen molar-refractivity contribution in [2.75, 3.05) is 13.2 Å². The molecule has 2 rings (SSSR count). The molecule has 9 heteroatoms. The average molecular weight is 384 g/mol. The molecule has 1 aromatic rings. The normalized spacial score (nSPS) is 18.9. The third-order valence-corrected chi connectivity index (χ3v) is 7.01. The van der Waals surface area contributed by atoms with E-state index in [1.165, 1.54) is 6.07 Å². The first kappa shape index (κ1) is 15.9. The molecule has 0 amide bonds. The highest BCUT2D eigenvalue weighted by molar-refractivity contribution is 9.11. The standard InChI is InChI=1S/C11H14BrNO5S2/c1-11(2-4-18-5-3-11)13-20(16,17)8-6-7(10(14)15)19-9(8)12/h6,13H,2-5H2,1H3,(H,14,15). The van der Waals surface area contributed by atoms with Crippen molar-refractivity contribution >= 4 is 43.3 Å². The van der Waals surface area contributed by atoms with E-state index in [1.807, 2.05) is 6.92 Å². The van der Waals surface area contributed by atoms with Crippen molar-refractivity contribution in [3.63, 3.8) is 0 Å². The molecular weight excluding hydrogens is 370 g/mol. The van der Waals surface area contributed by atoms with E-state index in [-0.39, 0.29) is 13.6 Å². The highest BCUT2D eigenvalue weighted by Gasteiger charge is 2.34. The fraction of sp³-hybridized carbons (Fsp3) is 0.545. The van der Waals surface area contributed by atoms with Crippen molar-refractivity contribution < 1.29 is 23.1 Å². The van der Waals surface area contributed by atoms with Crippen LogP contribution in [0.1, 0.15) is 29.4 Å². The lowest BCUT2D eigenvalue weighted by Crippen LogP contribution is -2.49. The van der Waals surface area contributed by atoms with Crippen LogP contribution in [0.4, 0.5) is 0 Å². The summed E-state index contributed by atoms with van der Waals surface area (Å²) in [5, 5.41) is 8.92. The minimum Gasteiger partial charge on any atom is -0.477 e. The van der Waals surface area contributed by atoms with Gasteiger partial charge < -0.3 is 9.84 Å². The minimum atomic E-state index is -3.77. The summed E-state index contributed by atoms with van der Waals surface area (Å²) in [6, 6.07) is 1.17. The Hall–Kier alpha value is -0.480. The maximum atomic E-state index is 12.4. The van der Waals surface area contributed by atoms with Crippen molar-refractivity contribution in [2.24, 2.45) is 0 Å². The first-order valence-corrected chi connectivity index (χ1v) is 8.97. The van der Waals surface area contributed by atoms with Gasteiger partial charge in [-0.2, -0.15) is 0 Å². The number of rotatable bonds is 4. The Morgan fingerprint density at radius 3 is 2.60 bits per heavy atom. The monoisotopic (exact) mass is 383 g/mol. The third kappa shape index (κ3) is 3.40. The number of hydrogen-bond donors (Lipinski definition) is 2.